The molecule has 5 N–H and O–H groups in total. The number of aliphatic hydroxyl groups is 3. The van der Waals surface area contributed by atoms with Crippen molar-refractivity contribution in [2.45, 2.75) is 31.3 Å². The normalized spacial score (nSPS) is 16.7. The number of ether oxygens (including phenoxy) is 1. The number of methoxy groups -OCH3 is 1. The van der Waals surface area contributed by atoms with Crippen LogP contribution in [0.4, 0.5) is 5.69 Å². The lowest BCUT2D eigenvalue weighted by molar-refractivity contribution is -0.0953. The first kappa shape index (κ1) is 17.4. The number of aromatic amines is 1. The Kier molecular flexibility index (Phi) is 5.73. The third-order valence-corrected chi connectivity index (χ3v) is 3.85. The first-order valence-corrected chi connectivity index (χ1v) is 7.35. The minimum Gasteiger partial charge on any atom is -0.394 e. The van der Waals surface area contributed by atoms with Gasteiger partial charge < -0.3 is 30.4 Å². The molecular formula is C16H22N2O5. The Morgan fingerprint density at radius 2 is 1.91 bits per heavy atom. The molecule has 23 heavy (non-hydrogen) atoms. The molecule has 0 aliphatic carbocycles. The summed E-state index contributed by atoms with van der Waals surface area (Å²) in [5.74, 6) is 0. The number of anilines is 1. The molecule has 0 amide bonds. The van der Waals surface area contributed by atoms with Crippen LogP contribution in [0.1, 0.15) is 6.92 Å². The van der Waals surface area contributed by atoms with Crippen molar-refractivity contribution in [1.29, 1.82) is 0 Å². The highest BCUT2D eigenvalue weighted by atomic mass is 16.5. The van der Waals surface area contributed by atoms with Crippen LogP contribution in [0.25, 0.3) is 10.9 Å². The van der Waals surface area contributed by atoms with Gasteiger partial charge in [-0.25, -0.2) is 0 Å². The van der Waals surface area contributed by atoms with Crippen molar-refractivity contribution >= 4 is 16.6 Å². The largest absolute Gasteiger partial charge is 0.394 e. The first-order chi connectivity index (χ1) is 11.0. The van der Waals surface area contributed by atoms with Crippen LogP contribution >= 0.6 is 0 Å². The van der Waals surface area contributed by atoms with Gasteiger partial charge in [0.05, 0.1) is 18.2 Å². The van der Waals surface area contributed by atoms with Gasteiger partial charge in [-0.3, -0.25) is 4.79 Å². The van der Waals surface area contributed by atoms with E-state index < -0.39 is 31.0 Å². The number of benzene rings is 1. The summed E-state index contributed by atoms with van der Waals surface area (Å²) in [4.78, 5) is 14.1. The topological polar surface area (TPSA) is 115 Å². The summed E-state index contributed by atoms with van der Waals surface area (Å²) in [6, 6.07) is 8.10. The second kappa shape index (κ2) is 7.56. The number of rotatable bonds is 7. The second-order valence-corrected chi connectivity index (χ2v) is 5.50. The highest BCUT2D eigenvalue weighted by Gasteiger charge is 2.29. The SMILES string of the molecule is COC(CO)C(O)C(O)[C@@H](C)Nc1ccc2ccc(=O)[nH]c2c1. The Morgan fingerprint density at radius 1 is 1.22 bits per heavy atom. The summed E-state index contributed by atoms with van der Waals surface area (Å²) < 4.78 is 4.93. The van der Waals surface area contributed by atoms with E-state index in [4.69, 9.17) is 9.84 Å². The van der Waals surface area contributed by atoms with E-state index in [-0.39, 0.29) is 5.56 Å². The van der Waals surface area contributed by atoms with Crippen molar-refractivity contribution in [2.24, 2.45) is 0 Å². The Bertz CT molecular complexity index is 698. The Labute approximate surface area is 133 Å². The van der Waals surface area contributed by atoms with Crippen LogP contribution < -0.4 is 10.9 Å². The van der Waals surface area contributed by atoms with E-state index in [1.807, 2.05) is 12.1 Å². The summed E-state index contributed by atoms with van der Waals surface area (Å²) in [6.45, 7) is 1.31. The summed E-state index contributed by atoms with van der Waals surface area (Å²) in [7, 11) is 1.36. The summed E-state index contributed by atoms with van der Waals surface area (Å²) in [6.07, 6.45) is -3.23. The van der Waals surface area contributed by atoms with Gasteiger partial charge in [-0.2, -0.15) is 0 Å². The molecule has 126 valence electrons. The van der Waals surface area contributed by atoms with Gasteiger partial charge in [-0.15, -0.1) is 0 Å². The second-order valence-electron chi connectivity index (χ2n) is 5.50. The molecule has 0 spiro atoms. The van der Waals surface area contributed by atoms with Crippen LogP contribution in [0.3, 0.4) is 0 Å². The number of aliphatic hydroxyl groups excluding tert-OH is 3. The summed E-state index contributed by atoms with van der Waals surface area (Å²) >= 11 is 0. The van der Waals surface area contributed by atoms with Gasteiger partial charge in [0, 0.05) is 18.9 Å². The van der Waals surface area contributed by atoms with Gasteiger partial charge in [0.2, 0.25) is 5.56 Å². The third-order valence-electron chi connectivity index (χ3n) is 3.85. The maximum Gasteiger partial charge on any atom is 0.248 e. The van der Waals surface area contributed by atoms with Crippen molar-refractivity contribution in [1.82, 2.24) is 4.98 Å². The van der Waals surface area contributed by atoms with Crippen LogP contribution in [0.15, 0.2) is 35.1 Å². The fraction of sp³-hybridized carbons (Fsp3) is 0.438. The molecule has 0 saturated carbocycles. The smallest absolute Gasteiger partial charge is 0.248 e. The van der Waals surface area contributed by atoms with Crippen molar-refractivity contribution in [3.8, 4) is 0 Å². The lowest BCUT2D eigenvalue weighted by Gasteiger charge is -2.29. The lowest BCUT2D eigenvalue weighted by Crippen LogP contribution is -2.48. The summed E-state index contributed by atoms with van der Waals surface area (Å²) in [5, 5.41) is 33.3. The maximum atomic E-state index is 11.4. The standard InChI is InChI=1S/C16H22N2O5/c1-9(15(21)16(22)13(8-19)23-2)17-11-5-3-10-4-6-14(20)18-12(10)7-11/h3-7,9,13,15-17,19,21-22H,8H2,1-2H3,(H,18,20)/t9-,13?,15?,16?/m1/s1. The molecule has 1 aromatic heterocycles. The predicted molar refractivity (Wildman–Crippen MR) is 87.5 cm³/mol. The lowest BCUT2D eigenvalue weighted by atomic mass is 10.0. The monoisotopic (exact) mass is 322 g/mol. The van der Waals surface area contributed by atoms with E-state index in [1.54, 1.807) is 19.1 Å². The first-order valence-electron chi connectivity index (χ1n) is 7.35. The fourth-order valence-corrected chi connectivity index (χ4v) is 2.43. The zero-order valence-electron chi connectivity index (χ0n) is 13.1. The number of pyridine rings is 1. The molecule has 0 aliphatic rings. The Balaban J connectivity index is 2.12. The summed E-state index contributed by atoms with van der Waals surface area (Å²) in [5.41, 5.74) is 1.18. The predicted octanol–water partition coefficient (Wildman–Crippen LogP) is 0.0576. The molecule has 7 nitrogen and oxygen atoms in total. The van der Waals surface area contributed by atoms with Gasteiger partial charge in [0.25, 0.3) is 0 Å². The van der Waals surface area contributed by atoms with E-state index in [0.29, 0.717) is 11.2 Å². The van der Waals surface area contributed by atoms with Gasteiger partial charge in [0.15, 0.2) is 0 Å². The zero-order chi connectivity index (χ0) is 17.0. The minimum atomic E-state index is -1.23. The van der Waals surface area contributed by atoms with Crippen LogP contribution in [-0.4, -0.2) is 58.4 Å². The van der Waals surface area contributed by atoms with Gasteiger partial charge in [0.1, 0.15) is 18.3 Å². The number of nitrogens with one attached hydrogen (secondary N) is 2. The number of fused-ring (bicyclic) bond motifs is 1. The van der Waals surface area contributed by atoms with E-state index in [9.17, 15) is 15.0 Å². The van der Waals surface area contributed by atoms with E-state index >= 15 is 0 Å². The van der Waals surface area contributed by atoms with Crippen LogP contribution in [0.5, 0.6) is 0 Å². The molecule has 2 aromatic rings. The van der Waals surface area contributed by atoms with E-state index in [1.165, 1.54) is 13.2 Å². The fourth-order valence-electron chi connectivity index (χ4n) is 2.43. The van der Waals surface area contributed by atoms with Crippen molar-refractivity contribution in [2.75, 3.05) is 19.0 Å². The number of aromatic nitrogens is 1. The molecule has 0 bridgehead atoms. The molecule has 0 radical (unpaired) electrons. The molecule has 4 atom stereocenters. The highest BCUT2D eigenvalue weighted by molar-refractivity contribution is 5.81. The van der Waals surface area contributed by atoms with Crippen LogP contribution in [0.2, 0.25) is 0 Å². The van der Waals surface area contributed by atoms with Gasteiger partial charge in [-0.1, -0.05) is 6.07 Å². The molecule has 7 heteroatoms. The van der Waals surface area contributed by atoms with Crippen molar-refractivity contribution < 1.29 is 20.1 Å². The molecule has 0 fully saturated rings. The molecule has 1 aromatic carbocycles. The molecule has 1 heterocycles. The number of H-pyrrole nitrogens is 1. The quantitative estimate of drug-likeness (QED) is 0.492. The molecule has 2 rings (SSSR count). The molecule has 0 aliphatic heterocycles. The minimum absolute atomic E-state index is 0.191. The van der Waals surface area contributed by atoms with E-state index in [0.717, 1.165) is 5.39 Å². The Hall–Kier alpha value is -1.93. The van der Waals surface area contributed by atoms with Gasteiger partial charge in [-0.05, 0) is 30.5 Å². The molecule has 0 saturated heterocycles. The number of hydrogen-bond acceptors (Lipinski definition) is 6. The van der Waals surface area contributed by atoms with E-state index in [2.05, 4.69) is 10.3 Å². The van der Waals surface area contributed by atoms with Crippen LogP contribution in [-0.2, 0) is 4.74 Å². The third kappa shape index (κ3) is 4.08. The average molecular weight is 322 g/mol. The average Bonchev–Trinajstić information content (AvgIpc) is 2.54. The van der Waals surface area contributed by atoms with Crippen LogP contribution in [0, 0.1) is 0 Å². The van der Waals surface area contributed by atoms with Gasteiger partial charge >= 0.3 is 0 Å². The molecular weight excluding hydrogens is 300 g/mol. The molecule has 3 unspecified atom stereocenters. The Morgan fingerprint density at radius 3 is 2.57 bits per heavy atom. The van der Waals surface area contributed by atoms with Crippen molar-refractivity contribution in [3.05, 3.63) is 40.7 Å². The number of hydrogen-bond donors (Lipinski definition) is 5. The van der Waals surface area contributed by atoms with Crippen molar-refractivity contribution in [3.63, 3.8) is 0 Å². The highest BCUT2D eigenvalue weighted by Crippen LogP contribution is 2.18. The zero-order valence-corrected chi connectivity index (χ0v) is 13.1. The maximum absolute atomic E-state index is 11.4.